The normalized spacial score (nSPS) is 20.1. The molecule has 0 radical (unpaired) electrons. The van der Waals surface area contributed by atoms with Crippen LogP contribution in [0.15, 0.2) is 5.10 Å². The molecule has 2 rings (SSSR count). The summed E-state index contributed by atoms with van der Waals surface area (Å²) in [6.45, 7) is 6.41. The standard InChI is InChI=1S/C11H17N5S/c1-6-9-7(14-13-6)4-11(2,3)5-8(9)15-16-10(12)17/h4-5H2,1-3H3,(H,13,14)(H3,12,16,17). The van der Waals surface area contributed by atoms with Crippen molar-refractivity contribution in [3.05, 3.63) is 17.0 Å². The van der Waals surface area contributed by atoms with E-state index in [4.69, 9.17) is 18.0 Å². The molecule has 0 saturated heterocycles. The molecule has 1 aromatic heterocycles. The predicted octanol–water partition coefficient (Wildman–Crippen LogP) is 1.23. The Morgan fingerprint density at radius 3 is 2.88 bits per heavy atom. The first kappa shape index (κ1) is 12.0. The lowest BCUT2D eigenvalue weighted by molar-refractivity contribution is 0.367. The monoisotopic (exact) mass is 251 g/mol. The molecule has 4 N–H and O–H groups in total. The fraction of sp³-hybridized carbons (Fsp3) is 0.545. The molecule has 1 aliphatic carbocycles. The third-order valence-electron chi connectivity index (χ3n) is 2.90. The summed E-state index contributed by atoms with van der Waals surface area (Å²) < 4.78 is 0. The van der Waals surface area contributed by atoms with Gasteiger partial charge in [0, 0.05) is 11.3 Å². The second-order valence-corrected chi connectivity index (χ2v) is 5.66. The van der Waals surface area contributed by atoms with Gasteiger partial charge in [0.25, 0.3) is 0 Å². The van der Waals surface area contributed by atoms with Gasteiger partial charge in [-0.15, -0.1) is 0 Å². The summed E-state index contributed by atoms with van der Waals surface area (Å²) in [6.07, 6.45) is 1.84. The number of thiocarbonyl (C=S) groups is 1. The number of nitrogens with zero attached hydrogens (tertiary/aromatic N) is 2. The molecule has 0 atom stereocenters. The van der Waals surface area contributed by atoms with Crippen LogP contribution < -0.4 is 11.2 Å². The summed E-state index contributed by atoms with van der Waals surface area (Å²) >= 11 is 4.77. The van der Waals surface area contributed by atoms with Crippen LogP contribution in [0.2, 0.25) is 0 Å². The topological polar surface area (TPSA) is 79.1 Å². The van der Waals surface area contributed by atoms with Crippen molar-refractivity contribution in [3.63, 3.8) is 0 Å². The molecule has 0 bridgehead atoms. The average molecular weight is 251 g/mol. The third-order valence-corrected chi connectivity index (χ3v) is 3.00. The van der Waals surface area contributed by atoms with E-state index in [-0.39, 0.29) is 10.5 Å². The molecular formula is C11H17N5S. The largest absolute Gasteiger partial charge is 0.375 e. The van der Waals surface area contributed by atoms with Crippen molar-refractivity contribution in [2.45, 2.75) is 33.6 Å². The number of fused-ring (bicyclic) bond motifs is 1. The Bertz CT molecular complexity index is 486. The molecule has 1 aliphatic rings. The van der Waals surface area contributed by atoms with Gasteiger partial charge in [-0.05, 0) is 37.4 Å². The van der Waals surface area contributed by atoms with Gasteiger partial charge in [-0.3, -0.25) is 10.5 Å². The lowest BCUT2D eigenvalue weighted by Gasteiger charge is -2.29. The van der Waals surface area contributed by atoms with E-state index in [1.54, 1.807) is 0 Å². The number of hydrogen-bond donors (Lipinski definition) is 3. The minimum Gasteiger partial charge on any atom is -0.375 e. The van der Waals surface area contributed by atoms with Crippen LogP contribution in [0, 0.1) is 12.3 Å². The summed E-state index contributed by atoms with van der Waals surface area (Å²) in [7, 11) is 0. The SMILES string of the molecule is Cc1[nH]nc2c1C(=NNC(N)=S)CC(C)(C)C2. The van der Waals surface area contributed by atoms with Crippen LogP contribution in [-0.4, -0.2) is 21.0 Å². The lowest BCUT2D eigenvalue weighted by atomic mass is 9.75. The van der Waals surface area contributed by atoms with Crippen molar-refractivity contribution in [1.82, 2.24) is 15.6 Å². The Labute approximate surface area is 106 Å². The van der Waals surface area contributed by atoms with Crippen molar-refractivity contribution in [2.75, 3.05) is 0 Å². The average Bonchev–Trinajstić information content (AvgIpc) is 2.54. The minimum atomic E-state index is 0.158. The van der Waals surface area contributed by atoms with Crippen LogP contribution in [0.5, 0.6) is 0 Å². The summed E-state index contributed by atoms with van der Waals surface area (Å²) in [5.41, 5.74) is 12.4. The van der Waals surface area contributed by atoms with Gasteiger partial charge in [-0.1, -0.05) is 13.8 Å². The van der Waals surface area contributed by atoms with E-state index in [1.165, 1.54) is 0 Å². The molecule has 1 aromatic rings. The van der Waals surface area contributed by atoms with Crippen LogP contribution in [0.4, 0.5) is 0 Å². The zero-order valence-electron chi connectivity index (χ0n) is 10.3. The number of aromatic amines is 1. The molecule has 0 unspecified atom stereocenters. The molecule has 0 aliphatic heterocycles. The van der Waals surface area contributed by atoms with Gasteiger partial charge >= 0.3 is 0 Å². The van der Waals surface area contributed by atoms with Crippen molar-refractivity contribution < 1.29 is 0 Å². The maximum Gasteiger partial charge on any atom is 0.184 e. The number of aryl methyl sites for hydroxylation is 1. The van der Waals surface area contributed by atoms with Crippen LogP contribution >= 0.6 is 12.2 Å². The van der Waals surface area contributed by atoms with Gasteiger partial charge in [-0.25, -0.2) is 0 Å². The first-order valence-electron chi connectivity index (χ1n) is 5.55. The summed E-state index contributed by atoms with van der Waals surface area (Å²) in [5, 5.41) is 11.8. The molecule has 17 heavy (non-hydrogen) atoms. The summed E-state index contributed by atoms with van der Waals surface area (Å²) in [6, 6.07) is 0. The Morgan fingerprint density at radius 1 is 1.53 bits per heavy atom. The fourth-order valence-electron chi connectivity index (χ4n) is 2.27. The van der Waals surface area contributed by atoms with Gasteiger partial charge in [0.1, 0.15) is 0 Å². The van der Waals surface area contributed by atoms with Crippen molar-refractivity contribution in [1.29, 1.82) is 0 Å². The number of rotatable bonds is 1. The maximum absolute atomic E-state index is 5.40. The highest BCUT2D eigenvalue weighted by atomic mass is 32.1. The van der Waals surface area contributed by atoms with E-state index in [2.05, 4.69) is 34.6 Å². The number of H-pyrrole nitrogens is 1. The molecular weight excluding hydrogens is 234 g/mol. The molecule has 0 amide bonds. The summed E-state index contributed by atoms with van der Waals surface area (Å²) in [5.74, 6) is 0. The molecule has 0 spiro atoms. The number of hydrazone groups is 1. The lowest BCUT2D eigenvalue weighted by Crippen LogP contribution is -2.31. The zero-order chi connectivity index (χ0) is 12.6. The Hall–Kier alpha value is -1.43. The smallest absolute Gasteiger partial charge is 0.184 e. The first-order valence-corrected chi connectivity index (χ1v) is 5.96. The highest BCUT2D eigenvalue weighted by Crippen LogP contribution is 2.35. The predicted molar refractivity (Wildman–Crippen MR) is 71.9 cm³/mol. The van der Waals surface area contributed by atoms with Crippen molar-refractivity contribution in [2.24, 2.45) is 16.3 Å². The zero-order valence-corrected chi connectivity index (χ0v) is 11.1. The molecule has 0 fully saturated rings. The van der Waals surface area contributed by atoms with E-state index < -0.39 is 0 Å². The number of hydrogen-bond acceptors (Lipinski definition) is 3. The second kappa shape index (κ2) is 4.10. The van der Waals surface area contributed by atoms with E-state index in [0.29, 0.717) is 0 Å². The molecule has 1 heterocycles. The molecule has 92 valence electrons. The van der Waals surface area contributed by atoms with Crippen molar-refractivity contribution >= 4 is 23.0 Å². The van der Waals surface area contributed by atoms with E-state index in [0.717, 1.165) is 35.5 Å². The number of nitrogens with two attached hydrogens (primary N) is 1. The third kappa shape index (κ3) is 2.46. The van der Waals surface area contributed by atoms with Gasteiger partial charge in [-0.2, -0.15) is 10.2 Å². The Morgan fingerprint density at radius 2 is 2.24 bits per heavy atom. The van der Waals surface area contributed by atoms with Gasteiger partial charge < -0.3 is 5.73 Å². The van der Waals surface area contributed by atoms with Gasteiger partial charge in [0.15, 0.2) is 5.11 Å². The molecule has 6 heteroatoms. The molecule has 0 saturated carbocycles. The Kier molecular flexibility index (Phi) is 2.91. The van der Waals surface area contributed by atoms with E-state index in [9.17, 15) is 0 Å². The van der Waals surface area contributed by atoms with Gasteiger partial charge in [0.05, 0.1) is 11.4 Å². The number of aromatic nitrogens is 2. The highest BCUT2D eigenvalue weighted by Gasteiger charge is 2.32. The summed E-state index contributed by atoms with van der Waals surface area (Å²) in [4.78, 5) is 0. The second-order valence-electron chi connectivity index (χ2n) is 5.22. The van der Waals surface area contributed by atoms with Crippen LogP contribution in [-0.2, 0) is 6.42 Å². The van der Waals surface area contributed by atoms with Crippen LogP contribution in [0.1, 0.15) is 37.2 Å². The quantitative estimate of drug-likeness (QED) is 0.518. The first-order chi connectivity index (χ1) is 7.89. The molecule has 5 nitrogen and oxygen atoms in total. The highest BCUT2D eigenvalue weighted by molar-refractivity contribution is 7.80. The fourth-order valence-corrected chi connectivity index (χ4v) is 2.31. The molecule has 0 aromatic carbocycles. The van der Waals surface area contributed by atoms with Crippen LogP contribution in [0.25, 0.3) is 0 Å². The van der Waals surface area contributed by atoms with Gasteiger partial charge in [0.2, 0.25) is 0 Å². The van der Waals surface area contributed by atoms with Crippen molar-refractivity contribution in [3.8, 4) is 0 Å². The van der Waals surface area contributed by atoms with E-state index in [1.807, 2.05) is 6.92 Å². The Balaban J connectivity index is 2.41. The minimum absolute atomic E-state index is 0.158. The van der Waals surface area contributed by atoms with E-state index >= 15 is 0 Å². The maximum atomic E-state index is 5.40. The van der Waals surface area contributed by atoms with Crippen LogP contribution in [0.3, 0.4) is 0 Å². The number of nitrogens with one attached hydrogen (secondary N) is 2.